The van der Waals surface area contributed by atoms with Crippen molar-refractivity contribution in [1.29, 1.82) is 0 Å². The number of H-pyrrole nitrogens is 2. The van der Waals surface area contributed by atoms with E-state index in [1.54, 1.807) is 48.1 Å². The molecule has 36 heteroatoms. The lowest BCUT2D eigenvalue weighted by Crippen LogP contribution is -2.26. The summed E-state index contributed by atoms with van der Waals surface area (Å²) in [6, 6.07) is 22.5. The maximum absolute atomic E-state index is 12.9. The number of nitrogens with two attached hydrogens (primary N) is 3. The van der Waals surface area contributed by atoms with Gasteiger partial charge >= 0.3 is 0 Å². The van der Waals surface area contributed by atoms with Gasteiger partial charge in [0.25, 0.3) is 25.7 Å². The van der Waals surface area contributed by atoms with Crippen LogP contribution in [0.2, 0.25) is 0 Å². The molecule has 2 aliphatic heterocycles. The lowest BCUT2D eigenvalue weighted by Gasteiger charge is -2.24. The highest BCUT2D eigenvalue weighted by atomic mass is 79.9. The molecule has 0 aromatic carbocycles. The van der Waals surface area contributed by atoms with E-state index >= 15 is 0 Å². The zero-order chi connectivity index (χ0) is 72.1. The fourth-order valence-electron chi connectivity index (χ4n) is 10.6. The fraction of sp³-hybridized carbons (Fsp3) is 0.394. The van der Waals surface area contributed by atoms with E-state index in [1.807, 2.05) is 72.7 Å². The third-order valence-corrected chi connectivity index (χ3v) is 20.3. The summed E-state index contributed by atoms with van der Waals surface area (Å²) in [6.45, 7) is 12.3. The third-order valence-electron chi connectivity index (χ3n) is 14.7. The number of alkyl halides is 8. The number of thiophene rings is 4. The standard InChI is InChI=1S/C21H27F2N5OS.C19H23BrN4OS.2C12H11F2N5S.C2H5F2N.ClH/c1-21(2,3)27-18-11-13(24-12-17(22)23)20-14(26-18)10-16(30-20)15-7-8-25-28(15)19-6-4-5-9-29-19;1-19(2,3)23-16-10-12(20)18-13(22-16)11-15(26-18)14-7-8-21-24(14)17-6-4-5-9-25-17;2*13-10(14)5-16-7-4-11(15)18-8-3-9(20-12(7)8)6-1-2-17-19-6;3-2(4)1-5;/h7-8,10-11,17,19H,4-6,9,12H2,1-3H3,(H2,24,26,27);7-8,10-11,17H,4-6,9H2,1-3H3,(H,22,23);2*1-4,10H,5H2,(H,17,19)(H3,15,16,18);2H,1,5H2;1H. The Labute approximate surface area is 612 Å². The summed E-state index contributed by atoms with van der Waals surface area (Å²) in [6.07, 6.45) is 3.72. The van der Waals surface area contributed by atoms with Gasteiger partial charge < -0.3 is 53.3 Å². The Morgan fingerprint density at radius 3 is 1.25 bits per heavy atom. The van der Waals surface area contributed by atoms with Gasteiger partial charge in [-0.05, 0) is 151 Å². The molecule has 2 saturated heterocycles. The molecule has 2 fully saturated rings. The van der Waals surface area contributed by atoms with E-state index in [4.69, 9.17) is 30.9 Å². The van der Waals surface area contributed by atoms with Crippen LogP contribution in [0.5, 0.6) is 0 Å². The molecular weight excluding hydrogens is 1500 g/mol. The van der Waals surface area contributed by atoms with Crippen molar-refractivity contribution in [3.05, 3.63) is 102 Å². The molecule has 14 rings (SSSR count). The van der Waals surface area contributed by atoms with E-state index in [2.05, 4.69) is 128 Å². The van der Waals surface area contributed by atoms with Crippen LogP contribution in [-0.4, -0.2) is 136 Å². The maximum atomic E-state index is 12.9. The second-order valence-electron chi connectivity index (χ2n) is 25.1. The summed E-state index contributed by atoms with van der Waals surface area (Å²) in [5.41, 5.74) is 24.3. The van der Waals surface area contributed by atoms with Crippen molar-refractivity contribution in [3.63, 3.8) is 0 Å². The van der Waals surface area contributed by atoms with Gasteiger partial charge in [0.2, 0.25) is 0 Å². The quantitative estimate of drug-likeness (QED) is 0.0357. The number of halogens is 10. The Morgan fingerprint density at radius 2 is 0.882 bits per heavy atom. The molecule has 548 valence electrons. The van der Waals surface area contributed by atoms with Gasteiger partial charge in [-0.2, -0.15) is 20.4 Å². The van der Waals surface area contributed by atoms with Crippen LogP contribution in [0, 0.1) is 0 Å². The van der Waals surface area contributed by atoms with E-state index in [9.17, 15) is 35.1 Å². The molecule has 2 atom stereocenters. The molecule has 102 heavy (non-hydrogen) atoms. The Morgan fingerprint density at radius 1 is 0.510 bits per heavy atom. The first-order chi connectivity index (χ1) is 48.2. The van der Waals surface area contributed by atoms with Crippen LogP contribution in [-0.2, 0) is 9.47 Å². The van der Waals surface area contributed by atoms with Crippen LogP contribution in [0.1, 0.15) is 92.5 Å². The molecule has 0 aliphatic carbocycles. The van der Waals surface area contributed by atoms with Crippen LogP contribution in [0.4, 0.5) is 75.5 Å². The lowest BCUT2D eigenvalue weighted by molar-refractivity contribution is -0.0384. The highest BCUT2D eigenvalue weighted by molar-refractivity contribution is 9.10. The van der Waals surface area contributed by atoms with Gasteiger partial charge in [-0.1, -0.05) is 0 Å². The van der Waals surface area contributed by atoms with Gasteiger partial charge in [-0.3, -0.25) is 10.2 Å². The summed E-state index contributed by atoms with van der Waals surface area (Å²) >= 11 is 9.86. The van der Waals surface area contributed by atoms with Crippen LogP contribution in [0.15, 0.2) is 102 Å². The van der Waals surface area contributed by atoms with Crippen molar-refractivity contribution in [2.75, 3.05) is 77.4 Å². The monoisotopic (exact) mass is 1580 g/mol. The molecule has 2 aliphatic rings. The van der Waals surface area contributed by atoms with Gasteiger partial charge in [0.05, 0.1) is 126 Å². The summed E-state index contributed by atoms with van der Waals surface area (Å²) in [4.78, 5) is 22.0. The van der Waals surface area contributed by atoms with Crippen molar-refractivity contribution in [2.45, 2.75) is 129 Å². The Hall–Kier alpha value is -8.03. The second kappa shape index (κ2) is 35.4. The smallest absolute Gasteiger partial charge is 0.255 e. The number of fused-ring (bicyclic) bond motifs is 4. The predicted molar refractivity (Wildman–Crippen MR) is 403 cm³/mol. The summed E-state index contributed by atoms with van der Waals surface area (Å²) in [5.74, 6) is 2.12. The van der Waals surface area contributed by atoms with Crippen LogP contribution >= 0.6 is 73.7 Å². The average molecular weight is 1580 g/mol. The highest BCUT2D eigenvalue weighted by Crippen LogP contribution is 2.43. The van der Waals surface area contributed by atoms with E-state index in [0.717, 1.165) is 128 Å². The molecule has 0 radical (unpaired) electrons. The van der Waals surface area contributed by atoms with Gasteiger partial charge in [-0.15, -0.1) is 57.8 Å². The van der Waals surface area contributed by atoms with Gasteiger partial charge in [0.15, 0.2) is 12.5 Å². The molecule has 13 N–H and O–H groups in total. The van der Waals surface area contributed by atoms with E-state index in [-0.39, 0.29) is 35.9 Å². The first kappa shape index (κ1) is 78.1. The number of nitrogen functional groups attached to an aromatic ring is 2. The summed E-state index contributed by atoms with van der Waals surface area (Å²) in [7, 11) is 0. The van der Waals surface area contributed by atoms with Crippen molar-refractivity contribution in [3.8, 4) is 42.3 Å². The molecule has 12 aromatic rings. The first-order valence-corrected chi connectivity index (χ1v) is 36.2. The van der Waals surface area contributed by atoms with Crippen molar-refractivity contribution < 1.29 is 44.6 Å². The van der Waals surface area contributed by atoms with Crippen molar-refractivity contribution in [1.82, 2.24) is 59.9 Å². The molecule has 12 aromatic heterocycles. The second-order valence-corrected chi connectivity index (χ2v) is 30.2. The van der Waals surface area contributed by atoms with Gasteiger partial charge in [0, 0.05) is 71.8 Å². The third kappa shape index (κ3) is 21.3. The fourth-order valence-corrected chi connectivity index (χ4v) is 15.5. The molecule has 0 saturated carbocycles. The Balaban J connectivity index is 0.000000156. The number of hydrogen-bond acceptors (Lipinski definition) is 22. The minimum Gasteiger partial charge on any atom is -0.384 e. The number of aromatic amines is 2. The van der Waals surface area contributed by atoms with Crippen molar-refractivity contribution >= 4 is 155 Å². The number of pyridine rings is 4. The lowest BCUT2D eigenvalue weighted by atomic mass is 10.1. The SMILES string of the molecule is CC(C)(C)Nc1cc(Br)c2sc(-c3ccnn3C3CCCCO3)cc2n1.CC(C)(C)Nc1cc(NCC(F)F)c2sc(-c3ccnn3C3CCCCO3)cc2n1.Cl.NCC(F)F.Nc1cc(NCC(F)F)c2sc(-c3ccn[nH]3)cc2n1.Nc1cc(NCC(F)F)c2sc(-c3ccn[nH]3)cc2n1. The number of aromatic nitrogens is 12. The number of hydrogen-bond donors (Lipinski definition) is 10. The molecule has 22 nitrogen and oxygen atoms in total. The van der Waals surface area contributed by atoms with Crippen LogP contribution in [0.25, 0.3) is 83.2 Å². The Kier molecular flexibility index (Phi) is 27.1. The molecule has 14 heterocycles. The zero-order valence-corrected chi connectivity index (χ0v) is 61.8. The number of ether oxygens (including phenoxy) is 2. The minimum atomic E-state index is -2.43. The van der Waals surface area contributed by atoms with Gasteiger partial charge in [-0.25, -0.2) is 64.4 Å². The summed E-state index contributed by atoms with van der Waals surface area (Å²) in [5, 5.41) is 37.6. The molecule has 0 amide bonds. The molecule has 0 bridgehead atoms. The zero-order valence-electron chi connectivity index (χ0n) is 56.2. The number of nitrogens with one attached hydrogen (secondary N) is 7. The molecule has 0 spiro atoms. The van der Waals surface area contributed by atoms with E-state index in [0.29, 0.717) is 45.5 Å². The van der Waals surface area contributed by atoms with Crippen LogP contribution < -0.4 is 43.8 Å². The minimum absolute atomic E-state index is 0. The average Bonchev–Trinajstić information content (AvgIpc) is 1.65. The van der Waals surface area contributed by atoms with E-state index < -0.39 is 51.9 Å². The van der Waals surface area contributed by atoms with Crippen molar-refractivity contribution in [2.24, 2.45) is 5.73 Å². The topological polar surface area (TPSA) is 301 Å². The predicted octanol–water partition coefficient (Wildman–Crippen LogP) is 18.1. The van der Waals surface area contributed by atoms with Crippen LogP contribution in [0.3, 0.4) is 0 Å². The number of nitrogens with zero attached hydrogens (tertiary/aromatic N) is 10. The Bertz CT molecular complexity index is 4480. The number of rotatable bonds is 18. The van der Waals surface area contributed by atoms with Gasteiger partial charge in [0.1, 0.15) is 23.3 Å². The highest BCUT2D eigenvalue weighted by Gasteiger charge is 2.25. The van der Waals surface area contributed by atoms with E-state index in [1.165, 1.54) is 40.4 Å². The largest absolute Gasteiger partial charge is 0.384 e. The summed E-state index contributed by atoms with van der Waals surface area (Å²) < 4.78 is 117. The molecular formula is C66H78BrClF8N20O2S4. The maximum Gasteiger partial charge on any atom is 0.255 e. The number of anilines is 7. The normalized spacial score (nSPS) is 14.8. The first-order valence-electron chi connectivity index (χ1n) is 32.1. The molecule has 2 unspecified atom stereocenters.